The van der Waals surface area contributed by atoms with E-state index < -0.39 is 5.97 Å². The average Bonchev–Trinajstić information content (AvgIpc) is 2.89. The van der Waals surface area contributed by atoms with Gasteiger partial charge in [-0.3, -0.25) is 9.80 Å². The Bertz CT molecular complexity index is 992. The molecule has 0 unspecified atom stereocenters. The van der Waals surface area contributed by atoms with Gasteiger partial charge in [-0.1, -0.05) is 36.6 Å². The summed E-state index contributed by atoms with van der Waals surface area (Å²) in [7, 11) is 3.42. The Morgan fingerprint density at radius 3 is 1.81 bits per heavy atom. The van der Waals surface area contributed by atoms with Crippen LogP contribution < -0.4 is 9.47 Å². The van der Waals surface area contributed by atoms with Crippen molar-refractivity contribution in [2.75, 3.05) is 40.4 Å². The van der Waals surface area contributed by atoms with E-state index in [2.05, 4.69) is 34.9 Å². The Labute approximate surface area is 216 Å². The summed E-state index contributed by atoms with van der Waals surface area (Å²) < 4.78 is 10.8. The van der Waals surface area contributed by atoms with Gasteiger partial charge in [0.2, 0.25) is 0 Å². The van der Waals surface area contributed by atoms with Crippen molar-refractivity contribution in [1.29, 1.82) is 0 Å². The highest BCUT2D eigenvalue weighted by Crippen LogP contribution is 2.24. The maximum atomic E-state index is 10.6. The van der Waals surface area contributed by atoms with E-state index in [4.69, 9.17) is 14.6 Å². The van der Waals surface area contributed by atoms with E-state index in [1.54, 1.807) is 20.3 Å². The zero-order chi connectivity index (χ0) is 25.8. The number of hydrogen-bond donors (Lipinski definition) is 1. The molecule has 2 aromatic rings. The number of carbonyl (C=O) groups is 1. The van der Waals surface area contributed by atoms with Gasteiger partial charge < -0.3 is 14.6 Å². The molecular formula is C30H42N2O4. The lowest BCUT2D eigenvalue weighted by Crippen LogP contribution is -2.29. The summed E-state index contributed by atoms with van der Waals surface area (Å²) in [4.78, 5) is 15.5. The number of nitrogens with zero attached hydrogens (tertiary/aromatic N) is 2. The predicted molar refractivity (Wildman–Crippen MR) is 146 cm³/mol. The fourth-order valence-corrected chi connectivity index (χ4v) is 4.94. The van der Waals surface area contributed by atoms with Crippen LogP contribution in [0.2, 0.25) is 0 Å². The molecule has 6 nitrogen and oxygen atoms in total. The van der Waals surface area contributed by atoms with Crippen LogP contribution in [0.15, 0.2) is 42.5 Å². The largest absolute Gasteiger partial charge is 0.496 e. The van der Waals surface area contributed by atoms with E-state index in [9.17, 15) is 4.79 Å². The lowest BCUT2D eigenvalue weighted by molar-refractivity contribution is -0.131. The van der Waals surface area contributed by atoms with Crippen LogP contribution in [-0.4, -0.2) is 61.3 Å². The zero-order valence-electron chi connectivity index (χ0n) is 22.2. The summed E-state index contributed by atoms with van der Waals surface area (Å²) >= 11 is 0. The molecule has 1 N–H and O–H groups in total. The maximum absolute atomic E-state index is 10.6. The molecule has 2 heterocycles. The van der Waals surface area contributed by atoms with Gasteiger partial charge in [-0.05, 0) is 88.6 Å². The van der Waals surface area contributed by atoms with Crippen LogP contribution >= 0.6 is 0 Å². The molecule has 0 bridgehead atoms. The molecule has 0 spiro atoms. The SMILES string of the molecule is COc1ccc(/C=C/C(=O)O)cc1CN1CCCCC1.COc1ccc(C)cc1CN1CCCCC1. The predicted octanol–water partition coefficient (Wildman–Crippen LogP) is 5.77. The van der Waals surface area contributed by atoms with Crippen LogP contribution in [-0.2, 0) is 17.9 Å². The van der Waals surface area contributed by atoms with E-state index in [0.29, 0.717) is 0 Å². The molecule has 2 saturated heterocycles. The van der Waals surface area contributed by atoms with Crippen molar-refractivity contribution in [3.63, 3.8) is 0 Å². The molecule has 0 amide bonds. The van der Waals surface area contributed by atoms with Gasteiger partial charge in [-0.25, -0.2) is 4.79 Å². The van der Waals surface area contributed by atoms with Gasteiger partial charge in [-0.2, -0.15) is 0 Å². The summed E-state index contributed by atoms with van der Waals surface area (Å²) in [5, 5.41) is 8.69. The molecule has 0 saturated carbocycles. The quantitative estimate of drug-likeness (QED) is 0.470. The molecule has 2 fully saturated rings. The lowest BCUT2D eigenvalue weighted by Gasteiger charge is -2.27. The van der Waals surface area contributed by atoms with Crippen molar-refractivity contribution in [1.82, 2.24) is 9.80 Å². The third kappa shape index (κ3) is 8.99. The van der Waals surface area contributed by atoms with Crippen LogP contribution in [0.5, 0.6) is 11.5 Å². The molecule has 36 heavy (non-hydrogen) atoms. The first-order valence-electron chi connectivity index (χ1n) is 13.1. The number of piperidine rings is 2. The van der Waals surface area contributed by atoms with Crippen LogP contribution in [0.1, 0.15) is 60.8 Å². The normalized spacial score (nSPS) is 16.9. The molecule has 0 radical (unpaired) electrons. The number of methoxy groups -OCH3 is 2. The van der Waals surface area contributed by atoms with Crippen molar-refractivity contribution in [2.24, 2.45) is 0 Å². The van der Waals surface area contributed by atoms with E-state index in [-0.39, 0.29) is 0 Å². The van der Waals surface area contributed by atoms with Gasteiger partial charge in [0.05, 0.1) is 14.2 Å². The first-order valence-corrected chi connectivity index (χ1v) is 13.1. The summed E-state index contributed by atoms with van der Waals surface area (Å²) in [6, 6.07) is 12.2. The number of ether oxygens (including phenoxy) is 2. The number of aryl methyl sites for hydroxylation is 1. The monoisotopic (exact) mass is 494 g/mol. The molecule has 6 heteroatoms. The van der Waals surface area contributed by atoms with Gasteiger partial charge in [-0.15, -0.1) is 0 Å². The van der Waals surface area contributed by atoms with Gasteiger partial charge in [0, 0.05) is 30.3 Å². The molecule has 0 aliphatic carbocycles. The molecule has 2 aromatic carbocycles. The summed E-state index contributed by atoms with van der Waals surface area (Å²) in [6.07, 6.45) is 10.7. The third-order valence-electron chi connectivity index (χ3n) is 6.84. The summed E-state index contributed by atoms with van der Waals surface area (Å²) in [5.74, 6) is 0.956. The number of rotatable bonds is 8. The number of benzene rings is 2. The molecule has 4 rings (SSSR count). The molecule has 196 valence electrons. The Hall–Kier alpha value is -2.83. The highest BCUT2D eigenvalue weighted by atomic mass is 16.5. The first kappa shape index (κ1) is 27.8. The highest BCUT2D eigenvalue weighted by molar-refractivity contribution is 5.85. The van der Waals surface area contributed by atoms with Crippen molar-refractivity contribution in [3.05, 3.63) is 64.7 Å². The van der Waals surface area contributed by atoms with Crippen LogP contribution in [0, 0.1) is 6.92 Å². The third-order valence-corrected chi connectivity index (χ3v) is 6.84. The second-order valence-electron chi connectivity index (χ2n) is 9.73. The van der Waals surface area contributed by atoms with Crippen molar-refractivity contribution in [3.8, 4) is 11.5 Å². The van der Waals surface area contributed by atoms with Gasteiger partial charge in [0.15, 0.2) is 0 Å². The van der Waals surface area contributed by atoms with Crippen molar-refractivity contribution < 1.29 is 19.4 Å². The second-order valence-corrected chi connectivity index (χ2v) is 9.73. The highest BCUT2D eigenvalue weighted by Gasteiger charge is 2.14. The Morgan fingerprint density at radius 2 is 1.31 bits per heavy atom. The topological polar surface area (TPSA) is 62.2 Å². The average molecular weight is 495 g/mol. The van der Waals surface area contributed by atoms with Crippen LogP contribution in [0.3, 0.4) is 0 Å². The molecule has 0 aromatic heterocycles. The van der Waals surface area contributed by atoms with E-state index in [1.165, 1.54) is 62.7 Å². The van der Waals surface area contributed by atoms with Gasteiger partial charge in [0.1, 0.15) is 11.5 Å². The minimum atomic E-state index is -0.932. The standard InChI is InChI=1S/C16H21NO3.C14H21NO/c1-20-15-7-5-13(6-8-16(18)19)11-14(15)12-17-9-3-2-4-10-17;1-12-6-7-14(16-2)13(10-12)11-15-8-4-3-5-9-15/h5-8,11H,2-4,9-10,12H2,1H3,(H,18,19);6-7,10H,3-5,8-9,11H2,1-2H3/b8-6+;. The molecular weight excluding hydrogens is 452 g/mol. The number of hydrogen-bond acceptors (Lipinski definition) is 5. The number of carboxylic acids is 1. The fourth-order valence-electron chi connectivity index (χ4n) is 4.94. The van der Waals surface area contributed by atoms with Crippen molar-refractivity contribution >= 4 is 12.0 Å². The van der Waals surface area contributed by atoms with Gasteiger partial charge in [0.25, 0.3) is 0 Å². The number of carboxylic acid groups (broad SMARTS) is 1. The summed E-state index contributed by atoms with van der Waals surface area (Å²) in [5.41, 5.74) is 4.64. The molecule has 2 aliphatic heterocycles. The molecule has 2 aliphatic rings. The van der Waals surface area contributed by atoms with E-state index in [0.717, 1.165) is 54.9 Å². The smallest absolute Gasteiger partial charge is 0.328 e. The maximum Gasteiger partial charge on any atom is 0.328 e. The van der Waals surface area contributed by atoms with Crippen LogP contribution in [0.4, 0.5) is 0 Å². The number of likely N-dealkylation sites (tertiary alicyclic amines) is 2. The Morgan fingerprint density at radius 1 is 0.806 bits per heavy atom. The number of aliphatic carboxylic acids is 1. The Balaban J connectivity index is 0.000000205. The molecule has 0 atom stereocenters. The van der Waals surface area contributed by atoms with Crippen molar-refractivity contribution in [2.45, 2.75) is 58.5 Å². The minimum absolute atomic E-state index is 0.859. The first-order chi connectivity index (χ1) is 17.5. The zero-order valence-corrected chi connectivity index (χ0v) is 22.2. The van der Waals surface area contributed by atoms with E-state index >= 15 is 0 Å². The second kappa shape index (κ2) is 14.7. The Kier molecular flexibility index (Phi) is 11.3. The fraction of sp³-hybridized carbons (Fsp3) is 0.500. The summed E-state index contributed by atoms with van der Waals surface area (Å²) in [6.45, 7) is 8.74. The van der Waals surface area contributed by atoms with Crippen LogP contribution in [0.25, 0.3) is 6.08 Å². The van der Waals surface area contributed by atoms with E-state index in [1.807, 2.05) is 18.2 Å². The van der Waals surface area contributed by atoms with Gasteiger partial charge >= 0.3 is 5.97 Å². The minimum Gasteiger partial charge on any atom is -0.496 e. The lowest BCUT2D eigenvalue weighted by atomic mass is 10.1.